The molecule has 0 atom stereocenters. The molecule has 0 bridgehead atoms. The minimum absolute atomic E-state index is 0.285. The number of rotatable bonds is 6. The molecule has 152 valence electrons. The lowest BCUT2D eigenvalue weighted by Crippen LogP contribution is -2.28. The number of nitrogens with one attached hydrogen (secondary N) is 1. The molecule has 5 rings (SSSR count). The van der Waals surface area contributed by atoms with Crippen LogP contribution in [-0.2, 0) is 13.6 Å². The van der Waals surface area contributed by atoms with Crippen LogP contribution in [0.1, 0.15) is 18.5 Å². The summed E-state index contributed by atoms with van der Waals surface area (Å²) in [6, 6.07) is 11.2. The second kappa shape index (κ2) is 7.42. The fourth-order valence-electron chi connectivity index (χ4n) is 3.41. The summed E-state index contributed by atoms with van der Waals surface area (Å²) in [5.41, 5.74) is 1.99. The fraction of sp³-hybridized carbons (Fsp3) is 0.250. The summed E-state index contributed by atoms with van der Waals surface area (Å²) in [5.74, 6) is 1.95. The fourth-order valence-corrected chi connectivity index (χ4v) is 3.60. The zero-order chi connectivity index (χ0) is 20.7. The van der Waals surface area contributed by atoms with Crippen LogP contribution in [0.4, 0.5) is 5.95 Å². The smallest absolute Gasteiger partial charge is 0.264 e. The maximum absolute atomic E-state index is 11.6. The van der Waals surface area contributed by atoms with Crippen LogP contribution in [0.15, 0.2) is 51.9 Å². The number of anilines is 1. The number of hydrogen-bond acceptors (Lipinski definition) is 7. The van der Waals surface area contributed by atoms with Crippen molar-refractivity contribution in [3.8, 4) is 22.7 Å². The van der Waals surface area contributed by atoms with E-state index in [-0.39, 0.29) is 5.56 Å². The molecule has 3 aromatic heterocycles. The molecular weight excluding hydrogens is 406 g/mol. The van der Waals surface area contributed by atoms with Gasteiger partial charge in [0.15, 0.2) is 11.6 Å². The van der Waals surface area contributed by atoms with Crippen molar-refractivity contribution in [2.45, 2.75) is 25.4 Å². The van der Waals surface area contributed by atoms with E-state index in [2.05, 4.69) is 30.5 Å². The van der Waals surface area contributed by atoms with Crippen molar-refractivity contribution >= 4 is 17.5 Å². The van der Waals surface area contributed by atoms with E-state index in [1.54, 1.807) is 6.20 Å². The molecule has 1 aromatic carbocycles. The van der Waals surface area contributed by atoms with Gasteiger partial charge in [-0.2, -0.15) is 5.10 Å². The van der Waals surface area contributed by atoms with E-state index in [4.69, 9.17) is 16.1 Å². The Kier molecular flexibility index (Phi) is 4.59. The molecular formula is C20H18ClN7O2. The first-order chi connectivity index (χ1) is 14.6. The van der Waals surface area contributed by atoms with Gasteiger partial charge < -0.3 is 9.42 Å². The zero-order valence-corrected chi connectivity index (χ0v) is 16.9. The highest BCUT2D eigenvalue weighted by Crippen LogP contribution is 2.33. The summed E-state index contributed by atoms with van der Waals surface area (Å²) in [7, 11) is 1.88. The van der Waals surface area contributed by atoms with E-state index in [9.17, 15) is 4.79 Å². The molecule has 3 heterocycles. The summed E-state index contributed by atoms with van der Waals surface area (Å²) in [5, 5.41) is 19.8. The molecule has 1 fully saturated rings. The molecule has 0 amide bonds. The van der Waals surface area contributed by atoms with E-state index < -0.39 is 0 Å². The number of H-pyrrole nitrogens is 1. The number of hydrogen-bond donors (Lipinski definition) is 1. The van der Waals surface area contributed by atoms with E-state index >= 15 is 0 Å². The predicted octanol–water partition coefficient (Wildman–Crippen LogP) is 3.04. The molecule has 1 N–H and O–H groups in total. The Morgan fingerprint density at radius 3 is 2.87 bits per heavy atom. The largest absolute Gasteiger partial charge is 0.356 e. The maximum Gasteiger partial charge on any atom is 0.264 e. The highest BCUT2D eigenvalue weighted by atomic mass is 35.5. The second-order valence-electron chi connectivity index (χ2n) is 7.27. The standard InChI is InChI=1S/C20H18ClN7O2/c1-27-19(13-8-18(29)23-22-10-13)24-25-20(27)28(16-5-6-16)11-15-9-17(30-26-15)12-3-2-4-14(21)7-12/h2-4,7-10,16H,5-6,11H2,1H3,(H,23,29). The molecule has 30 heavy (non-hydrogen) atoms. The molecule has 0 aliphatic heterocycles. The Balaban J connectivity index is 1.43. The van der Waals surface area contributed by atoms with Crippen LogP contribution in [0.2, 0.25) is 5.02 Å². The molecule has 0 radical (unpaired) electrons. The topological polar surface area (TPSA) is 106 Å². The van der Waals surface area contributed by atoms with Gasteiger partial charge >= 0.3 is 0 Å². The first-order valence-electron chi connectivity index (χ1n) is 9.51. The van der Waals surface area contributed by atoms with Crippen molar-refractivity contribution in [2.75, 3.05) is 4.90 Å². The Labute approximate surface area is 176 Å². The van der Waals surface area contributed by atoms with Crippen molar-refractivity contribution in [3.05, 3.63) is 63.7 Å². The Morgan fingerprint density at radius 2 is 2.10 bits per heavy atom. The highest BCUT2D eigenvalue weighted by Gasteiger charge is 2.33. The molecule has 1 aliphatic rings. The Hall–Kier alpha value is -3.46. The van der Waals surface area contributed by atoms with Crippen LogP contribution >= 0.6 is 11.6 Å². The average Bonchev–Trinajstić information content (AvgIpc) is 3.35. The predicted molar refractivity (Wildman–Crippen MR) is 111 cm³/mol. The van der Waals surface area contributed by atoms with Crippen LogP contribution in [0.3, 0.4) is 0 Å². The lowest BCUT2D eigenvalue weighted by molar-refractivity contribution is 0.422. The van der Waals surface area contributed by atoms with Gasteiger partial charge in [-0.1, -0.05) is 28.9 Å². The van der Waals surface area contributed by atoms with E-state index in [1.807, 2.05) is 41.9 Å². The molecule has 4 aromatic rings. The normalized spacial score (nSPS) is 13.5. The molecule has 0 saturated heterocycles. The summed E-state index contributed by atoms with van der Waals surface area (Å²) in [6.45, 7) is 0.536. The highest BCUT2D eigenvalue weighted by molar-refractivity contribution is 6.30. The molecule has 0 unspecified atom stereocenters. The summed E-state index contributed by atoms with van der Waals surface area (Å²) in [4.78, 5) is 13.8. The molecule has 1 aliphatic carbocycles. The van der Waals surface area contributed by atoms with Gasteiger partial charge in [-0.05, 0) is 25.0 Å². The summed E-state index contributed by atoms with van der Waals surface area (Å²) >= 11 is 6.08. The van der Waals surface area contributed by atoms with Gasteiger partial charge in [0.05, 0.1) is 12.7 Å². The van der Waals surface area contributed by atoms with Gasteiger partial charge in [-0.25, -0.2) is 5.10 Å². The van der Waals surface area contributed by atoms with Crippen LogP contribution in [0, 0.1) is 0 Å². The number of nitrogens with zero attached hydrogens (tertiary/aromatic N) is 6. The van der Waals surface area contributed by atoms with Crippen LogP contribution in [0.25, 0.3) is 22.7 Å². The van der Waals surface area contributed by atoms with E-state index in [0.717, 1.165) is 24.1 Å². The molecule has 10 heteroatoms. The van der Waals surface area contributed by atoms with Crippen molar-refractivity contribution in [1.29, 1.82) is 0 Å². The first kappa shape index (κ1) is 18.6. The van der Waals surface area contributed by atoms with Crippen molar-refractivity contribution in [1.82, 2.24) is 30.1 Å². The first-order valence-corrected chi connectivity index (χ1v) is 9.89. The van der Waals surface area contributed by atoms with Crippen LogP contribution in [-0.4, -0.2) is 36.2 Å². The minimum atomic E-state index is -0.285. The number of aromatic amines is 1. The van der Waals surface area contributed by atoms with Gasteiger partial charge in [0.25, 0.3) is 5.56 Å². The van der Waals surface area contributed by atoms with Gasteiger partial charge in [0.1, 0.15) is 5.69 Å². The quantitative estimate of drug-likeness (QED) is 0.508. The van der Waals surface area contributed by atoms with Crippen LogP contribution in [0.5, 0.6) is 0 Å². The van der Waals surface area contributed by atoms with E-state index in [1.165, 1.54) is 6.07 Å². The number of halogens is 1. The third-order valence-corrected chi connectivity index (χ3v) is 5.26. The number of benzene rings is 1. The molecule has 0 spiro atoms. The van der Waals surface area contributed by atoms with E-state index in [0.29, 0.717) is 40.7 Å². The SMILES string of the molecule is Cn1c(-c2cn[nH]c(=O)c2)nnc1N(Cc1cc(-c2cccc(Cl)c2)on1)C1CC1. The lowest BCUT2D eigenvalue weighted by Gasteiger charge is -2.21. The summed E-state index contributed by atoms with van der Waals surface area (Å²) in [6.07, 6.45) is 3.72. The van der Waals surface area contributed by atoms with Gasteiger partial charge in [0, 0.05) is 41.4 Å². The maximum atomic E-state index is 11.6. The monoisotopic (exact) mass is 423 g/mol. The van der Waals surface area contributed by atoms with Crippen molar-refractivity contribution in [3.63, 3.8) is 0 Å². The third kappa shape index (κ3) is 3.59. The zero-order valence-electron chi connectivity index (χ0n) is 16.1. The van der Waals surface area contributed by atoms with Crippen LogP contribution < -0.4 is 10.5 Å². The third-order valence-electron chi connectivity index (χ3n) is 5.02. The Morgan fingerprint density at radius 1 is 1.23 bits per heavy atom. The molecule has 9 nitrogen and oxygen atoms in total. The van der Waals surface area contributed by atoms with Gasteiger partial charge in [0.2, 0.25) is 5.95 Å². The van der Waals surface area contributed by atoms with Crippen molar-refractivity contribution < 1.29 is 4.52 Å². The molecule has 1 saturated carbocycles. The van der Waals surface area contributed by atoms with Gasteiger partial charge in [-0.3, -0.25) is 9.36 Å². The minimum Gasteiger partial charge on any atom is -0.356 e. The van der Waals surface area contributed by atoms with Gasteiger partial charge in [-0.15, -0.1) is 10.2 Å². The second-order valence-corrected chi connectivity index (χ2v) is 7.70. The van der Waals surface area contributed by atoms with Crippen molar-refractivity contribution in [2.24, 2.45) is 7.05 Å². The summed E-state index contributed by atoms with van der Waals surface area (Å²) < 4.78 is 7.40. The lowest BCUT2D eigenvalue weighted by atomic mass is 10.1. The Bertz CT molecular complexity index is 1260. The average molecular weight is 424 g/mol. The number of aromatic nitrogens is 6.